The lowest BCUT2D eigenvalue weighted by Crippen LogP contribution is -2.62. The first-order valence-electron chi connectivity index (χ1n) is 20.2. The third-order valence-electron chi connectivity index (χ3n) is 13.2. The van der Waals surface area contributed by atoms with Crippen molar-refractivity contribution in [1.82, 2.24) is 34.9 Å². The average Bonchev–Trinajstić information content (AvgIpc) is 3.83. The maximum Gasteiger partial charge on any atom is 0.318 e. The molecule has 5 saturated heterocycles. The lowest BCUT2D eigenvalue weighted by molar-refractivity contribution is 0.0434. The number of aromatic hydroxyl groups is 1. The van der Waals surface area contributed by atoms with Gasteiger partial charge in [-0.2, -0.15) is 15.1 Å². The highest BCUT2D eigenvalue weighted by Crippen LogP contribution is 2.42. The quantitative estimate of drug-likeness (QED) is 0.275. The summed E-state index contributed by atoms with van der Waals surface area (Å²) in [5.74, 6) is 0.680. The number of hydrogen-bond donors (Lipinski definition) is 2. The van der Waals surface area contributed by atoms with Crippen molar-refractivity contribution in [2.75, 3.05) is 55.7 Å². The third kappa shape index (κ3) is 6.07. The Labute approximate surface area is 319 Å². The number of carbonyl (C=O) groups excluding carboxylic acids is 1. The number of phenolic OH excluding ortho intramolecular Hbond substituents is 1. The van der Waals surface area contributed by atoms with E-state index in [9.17, 15) is 14.3 Å². The van der Waals surface area contributed by atoms with Gasteiger partial charge in [0.1, 0.15) is 30.2 Å². The van der Waals surface area contributed by atoms with Crippen LogP contribution in [0, 0.1) is 5.82 Å². The number of anilines is 2. The monoisotopic (exact) mass is 753 g/mol. The van der Waals surface area contributed by atoms with Crippen molar-refractivity contribution in [1.29, 1.82) is 0 Å². The van der Waals surface area contributed by atoms with Crippen LogP contribution in [0.25, 0.3) is 10.8 Å². The third-order valence-corrected chi connectivity index (χ3v) is 13.2. The molecule has 12 nitrogen and oxygen atoms in total. The number of phenols is 1. The zero-order chi connectivity index (χ0) is 37.4. The summed E-state index contributed by atoms with van der Waals surface area (Å²) in [6.45, 7) is 8.13. The Kier molecular flexibility index (Phi) is 8.61. The lowest BCUT2D eigenvalue weighted by atomic mass is 9.93. The van der Waals surface area contributed by atoms with Crippen molar-refractivity contribution >= 4 is 28.2 Å². The van der Waals surface area contributed by atoms with Crippen LogP contribution in [-0.4, -0.2) is 110 Å². The number of piperidine rings is 2. The van der Waals surface area contributed by atoms with Crippen LogP contribution in [0.15, 0.2) is 30.3 Å². The van der Waals surface area contributed by atoms with Crippen LogP contribution in [0.3, 0.4) is 0 Å². The number of rotatable bonds is 7. The van der Waals surface area contributed by atoms with Crippen LogP contribution in [0.2, 0.25) is 0 Å². The molecule has 1 amide bonds. The number of amides is 1. The molecule has 11 rings (SSSR count). The zero-order valence-electron chi connectivity index (χ0n) is 31.4. The minimum Gasteiger partial charge on any atom is -0.508 e. The molecule has 0 radical (unpaired) electrons. The van der Waals surface area contributed by atoms with Gasteiger partial charge in [0.2, 0.25) is 0 Å². The second-order valence-corrected chi connectivity index (χ2v) is 16.5. The summed E-state index contributed by atoms with van der Waals surface area (Å²) in [7, 11) is 0. The SMILES string of the molecule is CCc1c(F)ccc2cc(O)cc(N3CCc4c(nc(OC[C@@]56CCCN5C[C@H](F)C6)nc4N4CCCn5nc(C(=O)N6CC7CCC6CN7)cc5C4)C3)c12. The maximum atomic E-state index is 15.2. The number of fused-ring (bicyclic) bond motifs is 7. The standard InChI is InChI=1S/C41H49F2N9O3/c1-2-31-33(43)8-5-25-15-30(53)17-36(37(25)31)48-14-9-32-35(23-48)45-40(55-24-41-10-3-12-50(41)20-26(42)18-41)46-38(32)49-11-4-13-52-29(22-49)16-34(47-52)39(54)51-21-27-6-7-28(51)19-44-27/h5,8,15-17,26-28,44,53H,2-4,6-7,9-14,18-24H2,1H3/t26-,27?,28?,41+/m1/s1. The van der Waals surface area contributed by atoms with E-state index in [1.54, 1.807) is 18.2 Å². The smallest absolute Gasteiger partial charge is 0.318 e. The number of nitrogens with zero attached hydrogens (tertiary/aromatic N) is 8. The number of aromatic nitrogens is 4. The molecule has 0 saturated carbocycles. The van der Waals surface area contributed by atoms with Gasteiger partial charge in [-0.15, -0.1) is 0 Å². The van der Waals surface area contributed by atoms with Crippen LogP contribution >= 0.6 is 0 Å². The predicted octanol–water partition coefficient (Wildman–Crippen LogP) is 4.74. The number of benzene rings is 2. The van der Waals surface area contributed by atoms with Gasteiger partial charge in [-0.05, 0) is 80.6 Å². The van der Waals surface area contributed by atoms with E-state index in [0.717, 1.165) is 97.5 Å². The summed E-state index contributed by atoms with van der Waals surface area (Å²) in [6.07, 6.45) is 5.57. The highest BCUT2D eigenvalue weighted by Gasteiger charge is 2.49. The van der Waals surface area contributed by atoms with E-state index in [2.05, 4.69) is 20.0 Å². The minimum absolute atomic E-state index is 0.00636. The van der Waals surface area contributed by atoms with Crippen LogP contribution in [0.5, 0.6) is 11.8 Å². The normalized spacial score (nSPS) is 26.3. The van der Waals surface area contributed by atoms with Gasteiger partial charge in [-0.3, -0.25) is 14.4 Å². The van der Waals surface area contributed by atoms with Gasteiger partial charge in [-0.25, -0.2) is 8.78 Å². The molecular formula is C41H49F2N9O3. The molecule has 7 aliphatic rings. The zero-order valence-corrected chi connectivity index (χ0v) is 31.4. The fraction of sp³-hybridized carbons (Fsp3) is 0.561. The molecule has 9 heterocycles. The number of alkyl halides is 1. The number of halogens is 2. The van der Waals surface area contributed by atoms with Crippen LogP contribution < -0.4 is 19.9 Å². The molecule has 290 valence electrons. The van der Waals surface area contributed by atoms with E-state index in [4.69, 9.17) is 19.8 Å². The van der Waals surface area contributed by atoms with E-state index in [-0.39, 0.29) is 35.1 Å². The van der Waals surface area contributed by atoms with Gasteiger partial charge in [0.05, 0.1) is 30.0 Å². The first-order valence-corrected chi connectivity index (χ1v) is 20.2. The fourth-order valence-electron chi connectivity index (χ4n) is 10.5. The summed E-state index contributed by atoms with van der Waals surface area (Å²) in [5.41, 5.74) is 4.35. The van der Waals surface area contributed by atoms with Gasteiger partial charge in [0.25, 0.3) is 5.91 Å². The van der Waals surface area contributed by atoms with Gasteiger partial charge in [0.15, 0.2) is 5.69 Å². The van der Waals surface area contributed by atoms with Crippen LogP contribution in [0.1, 0.15) is 78.5 Å². The van der Waals surface area contributed by atoms with Gasteiger partial charge in [0, 0.05) is 80.5 Å². The molecule has 14 heteroatoms. The molecule has 2 aromatic heterocycles. The van der Waals surface area contributed by atoms with Gasteiger partial charge >= 0.3 is 6.01 Å². The Morgan fingerprint density at radius 2 is 1.96 bits per heavy atom. The van der Waals surface area contributed by atoms with Crippen molar-refractivity contribution in [2.24, 2.45) is 0 Å². The number of nitrogens with one attached hydrogen (secondary N) is 1. The van der Waals surface area contributed by atoms with Crippen molar-refractivity contribution < 1.29 is 23.4 Å². The molecule has 7 aliphatic heterocycles. The Morgan fingerprint density at radius 3 is 2.78 bits per heavy atom. The van der Waals surface area contributed by atoms with E-state index >= 15 is 4.39 Å². The molecule has 55 heavy (non-hydrogen) atoms. The number of ether oxygens (including phenoxy) is 1. The molecule has 2 aromatic carbocycles. The second-order valence-electron chi connectivity index (χ2n) is 16.5. The average molecular weight is 754 g/mol. The highest BCUT2D eigenvalue weighted by molar-refractivity contribution is 5.98. The van der Waals surface area contributed by atoms with Gasteiger partial charge < -0.3 is 29.9 Å². The summed E-state index contributed by atoms with van der Waals surface area (Å²) in [4.78, 5) is 32.6. The Balaban J connectivity index is 0.992. The second kappa shape index (κ2) is 13.6. The molecule has 2 unspecified atom stereocenters. The van der Waals surface area contributed by atoms with E-state index in [0.29, 0.717) is 75.9 Å². The number of hydrogen-bond acceptors (Lipinski definition) is 10. The summed E-state index contributed by atoms with van der Waals surface area (Å²) >= 11 is 0. The van der Waals surface area contributed by atoms with Crippen molar-refractivity contribution in [3.63, 3.8) is 0 Å². The predicted molar refractivity (Wildman–Crippen MR) is 204 cm³/mol. The van der Waals surface area contributed by atoms with E-state index in [1.165, 1.54) is 6.07 Å². The lowest BCUT2D eigenvalue weighted by Gasteiger charge is -2.45. The topological polar surface area (TPSA) is 115 Å². The van der Waals surface area contributed by atoms with Crippen LogP contribution in [-0.2, 0) is 32.5 Å². The fourth-order valence-corrected chi connectivity index (χ4v) is 10.5. The molecule has 5 fully saturated rings. The molecule has 0 aliphatic carbocycles. The largest absolute Gasteiger partial charge is 0.508 e. The first-order chi connectivity index (χ1) is 26.7. The van der Waals surface area contributed by atoms with E-state index < -0.39 is 6.17 Å². The van der Waals surface area contributed by atoms with Crippen molar-refractivity contribution in [3.8, 4) is 11.8 Å². The summed E-state index contributed by atoms with van der Waals surface area (Å²) < 4.78 is 38.4. The van der Waals surface area contributed by atoms with E-state index in [1.807, 2.05) is 22.6 Å². The first kappa shape index (κ1) is 34.9. The molecular weight excluding hydrogens is 705 g/mol. The number of aryl methyl sites for hydroxylation is 2. The van der Waals surface area contributed by atoms with Gasteiger partial charge in [-0.1, -0.05) is 13.0 Å². The summed E-state index contributed by atoms with van der Waals surface area (Å²) in [5, 5.41) is 20.8. The Hall–Kier alpha value is -4.56. The van der Waals surface area contributed by atoms with Crippen molar-refractivity contribution in [3.05, 3.63) is 64.4 Å². The van der Waals surface area contributed by atoms with Crippen molar-refractivity contribution in [2.45, 2.75) is 102 Å². The highest BCUT2D eigenvalue weighted by atomic mass is 19.1. The molecule has 4 aromatic rings. The molecule has 0 spiro atoms. The molecule has 4 atom stereocenters. The minimum atomic E-state index is -0.868. The number of piperazine rings is 1. The maximum absolute atomic E-state index is 15.2. The van der Waals surface area contributed by atoms with Crippen LogP contribution in [0.4, 0.5) is 20.3 Å². The number of carbonyl (C=O) groups is 1. The molecule has 2 N–H and O–H groups in total. The Bertz CT molecular complexity index is 2150. The summed E-state index contributed by atoms with van der Waals surface area (Å²) in [6, 6.07) is 9.41. The molecule has 2 bridgehead atoms. The Morgan fingerprint density at radius 1 is 1.05 bits per heavy atom.